The Kier molecular flexibility index (Phi) is 4.77. The fourth-order valence-corrected chi connectivity index (χ4v) is 2.89. The molecule has 1 saturated heterocycles. The minimum atomic E-state index is 0.529. The average Bonchev–Trinajstić information content (AvgIpc) is 2.37. The third kappa shape index (κ3) is 3.45. The van der Waals surface area contributed by atoms with Crippen molar-refractivity contribution in [3.63, 3.8) is 0 Å². The molecule has 4 nitrogen and oxygen atoms in total. The highest BCUT2D eigenvalue weighted by Gasteiger charge is 2.29. The topological polar surface area (TPSA) is 28.6 Å². The standard InChI is InChI=1S/C15H25N3O/c1-12-6-5-7-15(16-12)17-10-13(2)18(8-9-19-4)14(3)11-17/h5-7,13-14H,8-11H2,1-4H3/t13-,14+. The number of aryl methyl sites for hydroxylation is 1. The van der Waals surface area contributed by atoms with E-state index >= 15 is 0 Å². The lowest BCUT2D eigenvalue weighted by molar-refractivity contribution is 0.0844. The lowest BCUT2D eigenvalue weighted by atomic mass is 10.1. The summed E-state index contributed by atoms with van der Waals surface area (Å²) < 4.78 is 5.20. The number of ether oxygens (including phenoxy) is 1. The van der Waals surface area contributed by atoms with E-state index < -0.39 is 0 Å². The quantitative estimate of drug-likeness (QED) is 0.830. The molecule has 0 spiro atoms. The molecule has 106 valence electrons. The minimum Gasteiger partial charge on any atom is -0.383 e. The zero-order valence-corrected chi connectivity index (χ0v) is 12.5. The fraction of sp³-hybridized carbons (Fsp3) is 0.667. The van der Waals surface area contributed by atoms with Crippen molar-refractivity contribution < 1.29 is 4.74 Å². The van der Waals surface area contributed by atoms with Gasteiger partial charge in [0, 0.05) is 44.5 Å². The van der Waals surface area contributed by atoms with Crippen LogP contribution in [0.25, 0.3) is 0 Å². The van der Waals surface area contributed by atoms with Gasteiger partial charge in [0.2, 0.25) is 0 Å². The van der Waals surface area contributed by atoms with Crippen LogP contribution in [0.5, 0.6) is 0 Å². The fourth-order valence-electron chi connectivity index (χ4n) is 2.89. The van der Waals surface area contributed by atoms with E-state index in [0.29, 0.717) is 12.1 Å². The minimum absolute atomic E-state index is 0.529. The average molecular weight is 263 g/mol. The molecule has 2 heterocycles. The maximum Gasteiger partial charge on any atom is 0.128 e. The van der Waals surface area contributed by atoms with Crippen molar-refractivity contribution in [2.24, 2.45) is 0 Å². The van der Waals surface area contributed by atoms with Crippen molar-refractivity contribution in [3.05, 3.63) is 23.9 Å². The normalized spacial score (nSPS) is 24.7. The number of anilines is 1. The van der Waals surface area contributed by atoms with Crippen molar-refractivity contribution in [2.45, 2.75) is 32.9 Å². The molecule has 0 saturated carbocycles. The van der Waals surface area contributed by atoms with E-state index in [1.165, 1.54) is 0 Å². The van der Waals surface area contributed by atoms with E-state index in [1.54, 1.807) is 7.11 Å². The summed E-state index contributed by atoms with van der Waals surface area (Å²) in [6, 6.07) is 7.30. The van der Waals surface area contributed by atoms with Gasteiger partial charge in [-0.05, 0) is 32.9 Å². The Morgan fingerprint density at radius 1 is 1.26 bits per heavy atom. The molecule has 1 fully saturated rings. The first-order chi connectivity index (χ1) is 9.11. The third-order valence-corrected chi connectivity index (χ3v) is 3.85. The summed E-state index contributed by atoms with van der Waals surface area (Å²) in [5, 5.41) is 0. The zero-order chi connectivity index (χ0) is 13.8. The first-order valence-corrected chi connectivity index (χ1v) is 7.05. The second-order valence-corrected chi connectivity index (χ2v) is 5.47. The number of hydrogen-bond acceptors (Lipinski definition) is 4. The molecule has 1 aliphatic heterocycles. The van der Waals surface area contributed by atoms with Crippen LogP contribution in [0, 0.1) is 6.92 Å². The van der Waals surface area contributed by atoms with Crippen LogP contribution in [0.4, 0.5) is 5.82 Å². The maximum atomic E-state index is 5.20. The molecule has 0 amide bonds. The summed E-state index contributed by atoms with van der Waals surface area (Å²) in [7, 11) is 1.77. The van der Waals surface area contributed by atoms with E-state index in [0.717, 1.165) is 37.8 Å². The SMILES string of the molecule is COCCN1[C@H](C)CN(c2cccc(C)n2)C[C@@H]1C. The Morgan fingerprint density at radius 3 is 2.53 bits per heavy atom. The Labute approximate surface area is 116 Å². The molecule has 0 radical (unpaired) electrons. The molecule has 1 aromatic heterocycles. The van der Waals surface area contributed by atoms with E-state index in [2.05, 4.69) is 40.8 Å². The highest BCUT2D eigenvalue weighted by atomic mass is 16.5. The summed E-state index contributed by atoms with van der Waals surface area (Å²) in [5.74, 6) is 1.10. The Balaban J connectivity index is 2.04. The summed E-state index contributed by atoms with van der Waals surface area (Å²) in [6.07, 6.45) is 0. The lowest BCUT2D eigenvalue weighted by Gasteiger charge is -2.44. The van der Waals surface area contributed by atoms with Gasteiger partial charge in [0.05, 0.1) is 6.61 Å². The summed E-state index contributed by atoms with van der Waals surface area (Å²) in [5.41, 5.74) is 1.08. The number of rotatable bonds is 4. The van der Waals surface area contributed by atoms with Gasteiger partial charge in [-0.2, -0.15) is 0 Å². The second kappa shape index (κ2) is 6.35. The Hall–Kier alpha value is -1.13. The van der Waals surface area contributed by atoms with Crippen molar-refractivity contribution >= 4 is 5.82 Å². The molecule has 0 aromatic carbocycles. The van der Waals surface area contributed by atoms with Gasteiger partial charge in [0.15, 0.2) is 0 Å². The highest BCUT2D eigenvalue weighted by Crippen LogP contribution is 2.20. The van der Waals surface area contributed by atoms with Crippen LogP contribution in [0.3, 0.4) is 0 Å². The number of pyridine rings is 1. The Bertz CT molecular complexity index is 398. The number of aromatic nitrogens is 1. The summed E-state index contributed by atoms with van der Waals surface area (Å²) in [6.45, 7) is 10.5. The van der Waals surface area contributed by atoms with Gasteiger partial charge in [-0.25, -0.2) is 4.98 Å². The predicted octanol–water partition coefficient (Wildman–Crippen LogP) is 1.94. The van der Waals surface area contributed by atoms with Crippen molar-refractivity contribution in [1.82, 2.24) is 9.88 Å². The molecule has 1 aromatic rings. The van der Waals surface area contributed by atoms with Gasteiger partial charge >= 0.3 is 0 Å². The molecule has 1 aliphatic rings. The van der Waals surface area contributed by atoms with Crippen molar-refractivity contribution in [2.75, 3.05) is 38.3 Å². The molecular weight excluding hydrogens is 238 g/mol. The van der Waals surface area contributed by atoms with Gasteiger partial charge in [0.1, 0.15) is 5.82 Å². The second-order valence-electron chi connectivity index (χ2n) is 5.47. The van der Waals surface area contributed by atoms with Crippen LogP contribution < -0.4 is 4.90 Å². The maximum absolute atomic E-state index is 5.20. The largest absolute Gasteiger partial charge is 0.383 e. The zero-order valence-electron chi connectivity index (χ0n) is 12.5. The van der Waals surface area contributed by atoms with Gasteiger partial charge in [0.25, 0.3) is 0 Å². The molecule has 0 N–H and O–H groups in total. The molecule has 0 unspecified atom stereocenters. The molecule has 4 heteroatoms. The number of methoxy groups -OCH3 is 1. The molecular formula is C15H25N3O. The lowest BCUT2D eigenvalue weighted by Crippen LogP contribution is -2.57. The van der Waals surface area contributed by atoms with Crippen LogP contribution in [-0.4, -0.2) is 55.3 Å². The van der Waals surface area contributed by atoms with Crippen LogP contribution in [0.2, 0.25) is 0 Å². The van der Waals surface area contributed by atoms with E-state index in [4.69, 9.17) is 4.74 Å². The van der Waals surface area contributed by atoms with Crippen LogP contribution in [-0.2, 0) is 4.74 Å². The third-order valence-electron chi connectivity index (χ3n) is 3.85. The van der Waals surface area contributed by atoms with Crippen LogP contribution in [0.15, 0.2) is 18.2 Å². The molecule has 2 rings (SSSR count). The smallest absolute Gasteiger partial charge is 0.128 e. The first-order valence-electron chi connectivity index (χ1n) is 7.05. The predicted molar refractivity (Wildman–Crippen MR) is 78.7 cm³/mol. The van der Waals surface area contributed by atoms with Crippen molar-refractivity contribution in [1.29, 1.82) is 0 Å². The molecule has 0 bridgehead atoms. The summed E-state index contributed by atoms with van der Waals surface area (Å²) in [4.78, 5) is 9.55. The van der Waals surface area contributed by atoms with E-state index in [1.807, 2.05) is 13.0 Å². The monoisotopic (exact) mass is 263 g/mol. The summed E-state index contributed by atoms with van der Waals surface area (Å²) >= 11 is 0. The van der Waals surface area contributed by atoms with Gasteiger partial charge in [-0.3, -0.25) is 4.90 Å². The van der Waals surface area contributed by atoms with E-state index in [9.17, 15) is 0 Å². The van der Waals surface area contributed by atoms with Crippen molar-refractivity contribution in [3.8, 4) is 0 Å². The number of hydrogen-bond donors (Lipinski definition) is 0. The molecule has 2 atom stereocenters. The van der Waals surface area contributed by atoms with Gasteiger partial charge in [-0.1, -0.05) is 6.07 Å². The van der Waals surface area contributed by atoms with Gasteiger partial charge in [-0.15, -0.1) is 0 Å². The molecule has 0 aliphatic carbocycles. The van der Waals surface area contributed by atoms with E-state index in [-0.39, 0.29) is 0 Å². The van der Waals surface area contributed by atoms with Crippen LogP contribution >= 0.6 is 0 Å². The Morgan fingerprint density at radius 2 is 1.95 bits per heavy atom. The number of piperazine rings is 1. The number of nitrogens with zero attached hydrogens (tertiary/aromatic N) is 3. The highest BCUT2D eigenvalue weighted by molar-refractivity contribution is 5.40. The van der Waals surface area contributed by atoms with Gasteiger partial charge < -0.3 is 9.64 Å². The molecule has 19 heavy (non-hydrogen) atoms. The first kappa shape index (κ1) is 14.3. The van der Waals surface area contributed by atoms with Crippen LogP contribution in [0.1, 0.15) is 19.5 Å².